The molecule has 190 valence electrons. The molecular formula is C34H26ClN3S. The van der Waals surface area contributed by atoms with Gasteiger partial charge in [0.15, 0.2) is 11.5 Å². The van der Waals surface area contributed by atoms with Gasteiger partial charge in [-0.2, -0.15) is 5.10 Å². The van der Waals surface area contributed by atoms with Crippen molar-refractivity contribution in [3.8, 4) is 0 Å². The molecule has 0 radical (unpaired) electrons. The van der Waals surface area contributed by atoms with E-state index in [9.17, 15) is 0 Å². The minimum atomic E-state index is -0.642. The number of halogens is 1. The number of nitrogens with zero attached hydrogens (tertiary/aromatic N) is 3. The van der Waals surface area contributed by atoms with Crippen LogP contribution in [0.25, 0.3) is 0 Å². The second-order valence-electron chi connectivity index (χ2n) is 9.78. The fourth-order valence-corrected chi connectivity index (χ4v) is 7.21. The van der Waals surface area contributed by atoms with Gasteiger partial charge in [0.25, 0.3) is 0 Å². The second kappa shape index (κ2) is 9.96. The van der Waals surface area contributed by atoms with Crippen LogP contribution in [-0.4, -0.2) is 5.84 Å². The summed E-state index contributed by atoms with van der Waals surface area (Å²) >= 11 is 8.38. The van der Waals surface area contributed by atoms with Gasteiger partial charge in [-0.05, 0) is 42.0 Å². The van der Waals surface area contributed by atoms with Crippen molar-refractivity contribution in [3.05, 3.63) is 161 Å². The first-order valence-corrected chi connectivity index (χ1v) is 14.4. The fraction of sp³-hybridized carbons (Fsp3) is 0.0882. The quantitative estimate of drug-likeness (QED) is 0.225. The number of benzene rings is 5. The van der Waals surface area contributed by atoms with Crippen molar-refractivity contribution in [1.82, 2.24) is 0 Å². The van der Waals surface area contributed by atoms with Crippen molar-refractivity contribution < 1.29 is 0 Å². The van der Waals surface area contributed by atoms with Gasteiger partial charge in [-0.1, -0.05) is 115 Å². The molecule has 2 atom stereocenters. The van der Waals surface area contributed by atoms with Crippen LogP contribution in [0.2, 0.25) is 5.02 Å². The van der Waals surface area contributed by atoms with Crippen LogP contribution < -0.4 is 9.91 Å². The number of thioether (sulfide) groups is 1. The predicted molar refractivity (Wildman–Crippen MR) is 164 cm³/mol. The molecule has 5 heteroatoms. The molecule has 0 saturated carbocycles. The van der Waals surface area contributed by atoms with Gasteiger partial charge < -0.3 is 0 Å². The highest BCUT2D eigenvalue weighted by Crippen LogP contribution is 2.57. The average molecular weight is 544 g/mol. The van der Waals surface area contributed by atoms with E-state index in [1.165, 1.54) is 10.5 Å². The van der Waals surface area contributed by atoms with E-state index in [1.54, 1.807) is 0 Å². The molecule has 0 aromatic heterocycles. The first kappa shape index (κ1) is 24.1. The van der Waals surface area contributed by atoms with Crippen molar-refractivity contribution in [3.63, 3.8) is 0 Å². The largest absolute Gasteiger partial charge is 0.294 e. The highest BCUT2D eigenvalue weighted by Gasteiger charge is 2.55. The van der Waals surface area contributed by atoms with E-state index >= 15 is 0 Å². The van der Waals surface area contributed by atoms with Gasteiger partial charge in [-0.3, -0.25) is 4.90 Å². The Labute approximate surface area is 238 Å². The average Bonchev–Trinajstić information content (AvgIpc) is 3.26. The van der Waals surface area contributed by atoms with Crippen LogP contribution in [0.15, 0.2) is 150 Å². The van der Waals surface area contributed by atoms with Gasteiger partial charge >= 0.3 is 0 Å². The van der Waals surface area contributed by atoms with Gasteiger partial charge in [0.05, 0.1) is 11.4 Å². The second-order valence-corrected chi connectivity index (χ2v) is 11.5. The Balaban J connectivity index is 1.56. The zero-order valence-electron chi connectivity index (χ0n) is 21.2. The molecule has 5 aromatic carbocycles. The van der Waals surface area contributed by atoms with Crippen LogP contribution in [0.4, 0.5) is 11.4 Å². The molecule has 2 heterocycles. The summed E-state index contributed by atoms with van der Waals surface area (Å²) in [6.07, 6.45) is 0.798. The van der Waals surface area contributed by atoms with Crippen molar-refractivity contribution in [2.75, 3.05) is 9.91 Å². The molecule has 0 spiro atoms. The number of anilines is 2. The minimum Gasteiger partial charge on any atom is -0.294 e. The summed E-state index contributed by atoms with van der Waals surface area (Å²) in [4.78, 5) is 3.70. The first-order valence-electron chi connectivity index (χ1n) is 13.1. The molecule has 0 aliphatic carbocycles. The summed E-state index contributed by atoms with van der Waals surface area (Å²) in [6, 6.07) is 48.9. The zero-order chi connectivity index (χ0) is 26.2. The lowest BCUT2D eigenvalue weighted by molar-refractivity contribution is 0.407. The molecule has 2 aliphatic heterocycles. The van der Waals surface area contributed by atoms with Crippen molar-refractivity contribution >= 4 is 40.6 Å². The number of para-hydroxylation sites is 2. The van der Waals surface area contributed by atoms with E-state index in [0.29, 0.717) is 0 Å². The molecule has 39 heavy (non-hydrogen) atoms. The highest BCUT2D eigenvalue weighted by molar-refractivity contribution is 7.99. The molecule has 0 bridgehead atoms. The van der Waals surface area contributed by atoms with E-state index in [2.05, 4.69) is 137 Å². The Bertz CT molecular complexity index is 1620. The number of rotatable bonds is 4. The van der Waals surface area contributed by atoms with Crippen LogP contribution in [-0.2, 0) is 5.66 Å². The summed E-state index contributed by atoms with van der Waals surface area (Å²) < 4.78 is 0. The van der Waals surface area contributed by atoms with E-state index in [1.807, 2.05) is 23.9 Å². The molecule has 2 aliphatic rings. The Hall–Kier alpha value is -3.99. The number of hydrogen-bond acceptors (Lipinski definition) is 4. The van der Waals surface area contributed by atoms with Gasteiger partial charge in [0.2, 0.25) is 0 Å². The molecule has 7 rings (SSSR count). The van der Waals surface area contributed by atoms with Crippen LogP contribution in [0.5, 0.6) is 0 Å². The predicted octanol–water partition coefficient (Wildman–Crippen LogP) is 9.12. The Morgan fingerprint density at radius 3 is 2.03 bits per heavy atom. The fourth-order valence-electron chi connectivity index (χ4n) is 5.73. The maximum Gasteiger partial charge on any atom is 0.167 e. The molecular weight excluding hydrogens is 518 g/mol. The molecule has 0 amide bonds. The maximum absolute atomic E-state index is 6.45. The third-order valence-electron chi connectivity index (χ3n) is 7.48. The van der Waals surface area contributed by atoms with Gasteiger partial charge in [0, 0.05) is 32.7 Å². The SMILES string of the molecule is Clc1ccc([C@]23C[C@H](c4ccccc4)Sc4ccccc4N2C(c2ccccc2)=NN3c2ccccc2)cc1. The van der Waals surface area contributed by atoms with Crippen LogP contribution in [0, 0.1) is 0 Å². The summed E-state index contributed by atoms with van der Waals surface area (Å²) in [5.74, 6) is 0.927. The summed E-state index contributed by atoms with van der Waals surface area (Å²) in [7, 11) is 0. The van der Waals surface area contributed by atoms with Gasteiger partial charge in [0.1, 0.15) is 0 Å². The lowest BCUT2D eigenvalue weighted by Crippen LogP contribution is -2.54. The van der Waals surface area contributed by atoms with E-state index < -0.39 is 5.66 Å². The molecule has 0 fully saturated rings. The summed E-state index contributed by atoms with van der Waals surface area (Å²) in [5, 5.41) is 8.58. The van der Waals surface area contributed by atoms with Crippen LogP contribution in [0.3, 0.4) is 0 Å². The molecule has 3 nitrogen and oxygen atoms in total. The van der Waals surface area contributed by atoms with E-state index in [0.717, 1.165) is 39.8 Å². The Morgan fingerprint density at radius 1 is 0.692 bits per heavy atom. The highest BCUT2D eigenvalue weighted by atomic mass is 35.5. The zero-order valence-corrected chi connectivity index (χ0v) is 22.8. The molecule has 5 aromatic rings. The standard InChI is InChI=1S/C34H26ClN3S/c35-28-22-20-27(21-23-28)34-24-32(25-12-4-1-5-13-25)39-31-19-11-10-18-30(31)37(34)33(26-14-6-2-7-15-26)36-38(34)29-16-8-3-9-17-29/h1-23,32H,24H2/t32-,34-/m1/s1. The van der Waals surface area contributed by atoms with Crippen molar-refractivity contribution in [2.24, 2.45) is 5.10 Å². The monoisotopic (exact) mass is 543 g/mol. The summed E-state index contributed by atoms with van der Waals surface area (Å²) in [6.45, 7) is 0. The normalized spacial score (nSPS) is 20.1. The topological polar surface area (TPSA) is 18.8 Å². The number of amidine groups is 1. The third-order valence-corrected chi connectivity index (χ3v) is 9.06. The Morgan fingerprint density at radius 2 is 1.31 bits per heavy atom. The molecule has 0 unspecified atom stereocenters. The number of fused-ring (bicyclic) bond motifs is 3. The van der Waals surface area contributed by atoms with E-state index in [4.69, 9.17) is 16.7 Å². The first-order chi connectivity index (χ1) is 19.2. The van der Waals surface area contributed by atoms with Gasteiger partial charge in [-0.15, -0.1) is 11.8 Å². The van der Waals surface area contributed by atoms with E-state index in [-0.39, 0.29) is 5.25 Å². The summed E-state index contributed by atoms with van der Waals surface area (Å²) in [5.41, 5.74) is 5.07. The maximum atomic E-state index is 6.45. The van der Waals surface area contributed by atoms with Crippen molar-refractivity contribution in [1.29, 1.82) is 0 Å². The number of hydrazone groups is 1. The smallest absolute Gasteiger partial charge is 0.167 e. The lowest BCUT2D eigenvalue weighted by atomic mass is 9.88. The minimum absolute atomic E-state index is 0.185. The van der Waals surface area contributed by atoms with Crippen LogP contribution in [0.1, 0.15) is 28.4 Å². The molecule has 0 saturated heterocycles. The number of hydrogen-bond donors (Lipinski definition) is 0. The lowest BCUT2D eigenvalue weighted by Gasteiger charge is -2.45. The van der Waals surface area contributed by atoms with Crippen molar-refractivity contribution in [2.45, 2.75) is 22.2 Å². The third kappa shape index (κ3) is 4.12. The Kier molecular flexibility index (Phi) is 6.15. The molecule has 0 N–H and O–H groups in total. The van der Waals surface area contributed by atoms with Gasteiger partial charge in [-0.25, -0.2) is 5.01 Å². The van der Waals surface area contributed by atoms with Crippen LogP contribution >= 0.6 is 23.4 Å².